The molecule has 0 amide bonds. The van der Waals surface area contributed by atoms with Crippen molar-refractivity contribution < 1.29 is 5.11 Å². The summed E-state index contributed by atoms with van der Waals surface area (Å²) in [5, 5.41) is 15.1. The Bertz CT molecular complexity index is 805. The van der Waals surface area contributed by atoms with Crippen molar-refractivity contribution in [3.8, 4) is 5.88 Å². The molecule has 2 aromatic heterocycles. The van der Waals surface area contributed by atoms with E-state index in [4.69, 9.17) is 0 Å². The topological polar surface area (TPSA) is 53.7 Å². The Morgan fingerprint density at radius 1 is 1.22 bits per heavy atom. The number of hydrogen-bond acceptors (Lipinski definition) is 5. The summed E-state index contributed by atoms with van der Waals surface area (Å²) in [6.45, 7) is 4.15. The van der Waals surface area contributed by atoms with Crippen molar-refractivity contribution in [1.29, 1.82) is 0 Å². The third-order valence-electron chi connectivity index (χ3n) is 4.43. The molecule has 3 heterocycles. The van der Waals surface area contributed by atoms with Crippen LogP contribution in [0, 0.1) is 0 Å². The molecule has 1 N–H and O–H groups in total. The van der Waals surface area contributed by atoms with Crippen LogP contribution in [0.4, 0.5) is 0 Å². The number of hydrogen-bond donors (Lipinski definition) is 1. The average Bonchev–Trinajstić information content (AvgIpc) is 3.29. The number of fused-ring (bicyclic) bond motifs is 1. The molecule has 3 aromatic rings. The van der Waals surface area contributed by atoms with E-state index in [1.807, 2.05) is 13.0 Å². The molecular weight excluding hydrogens is 308 g/mol. The van der Waals surface area contributed by atoms with Gasteiger partial charge in [0, 0.05) is 6.42 Å². The van der Waals surface area contributed by atoms with Crippen molar-refractivity contribution in [2.24, 2.45) is 0 Å². The van der Waals surface area contributed by atoms with Gasteiger partial charge in [0.15, 0.2) is 5.82 Å². The highest BCUT2D eigenvalue weighted by Crippen LogP contribution is 2.40. The van der Waals surface area contributed by atoms with Crippen LogP contribution in [0.15, 0.2) is 30.3 Å². The molecule has 1 aliphatic heterocycles. The van der Waals surface area contributed by atoms with Crippen LogP contribution >= 0.6 is 11.3 Å². The molecule has 6 heteroatoms. The second kappa shape index (κ2) is 5.94. The summed E-state index contributed by atoms with van der Waals surface area (Å²) in [5.74, 6) is 1.01. The Labute approximate surface area is 139 Å². The minimum absolute atomic E-state index is 0.0808. The number of nitrogens with zero attached hydrogens (tertiary/aromatic N) is 4. The molecule has 0 aliphatic carbocycles. The van der Waals surface area contributed by atoms with Crippen LogP contribution in [0.1, 0.15) is 42.1 Å². The first-order chi connectivity index (χ1) is 11.3. The number of rotatable bonds is 4. The summed E-state index contributed by atoms with van der Waals surface area (Å²) < 4.78 is 1.59. The first kappa shape index (κ1) is 14.7. The number of thiazole rings is 1. The van der Waals surface area contributed by atoms with Crippen LogP contribution in [-0.4, -0.2) is 37.7 Å². The predicted octanol–water partition coefficient (Wildman–Crippen LogP) is 3.24. The van der Waals surface area contributed by atoms with Crippen molar-refractivity contribution in [1.82, 2.24) is 19.5 Å². The second-order valence-electron chi connectivity index (χ2n) is 5.92. The minimum Gasteiger partial charge on any atom is -0.492 e. The highest BCUT2D eigenvalue weighted by molar-refractivity contribution is 7.17. The molecule has 0 bridgehead atoms. The zero-order valence-corrected chi connectivity index (χ0v) is 14.0. The fourth-order valence-corrected chi connectivity index (χ4v) is 4.42. The van der Waals surface area contributed by atoms with Gasteiger partial charge in [-0.25, -0.2) is 4.98 Å². The molecular formula is C17H20N4OS. The van der Waals surface area contributed by atoms with Crippen molar-refractivity contribution >= 4 is 16.3 Å². The normalized spacial score (nSPS) is 17.1. The van der Waals surface area contributed by atoms with E-state index in [0.717, 1.165) is 35.2 Å². The van der Waals surface area contributed by atoms with Crippen molar-refractivity contribution in [2.75, 3.05) is 13.1 Å². The molecule has 0 spiro atoms. The Kier molecular flexibility index (Phi) is 3.79. The zero-order chi connectivity index (χ0) is 15.8. The van der Waals surface area contributed by atoms with Gasteiger partial charge in [0.2, 0.25) is 10.8 Å². The zero-order valence-electron chi connectivity index (χ0n) is 13.1. The summed E-state index contributed by atoms with van der Waals surface area (Å²) in [6.07, 6.45) is 3.20. The van der Waals surface area contributed by atoms with E-state index in [-0.39, 0.29) is 11.9 Å². The molecule has 0 unspecified atom stereocenters. The van der Waals surface area contributed by atoms with Crippen LogP contribution in [0.2, 0.25) is 0 Å². The third kappa shape index (κ3) is 2.52. The fourth-order valence-electron chi connectivity index (χ4n) is 3.28. The van der Waals surface area contributed by atoms with Crippen LogP contribution in [0.3, 0.4) is 0 Å². The van der Waals surface area contributed by atoms with Crippen LogP contribution in [0.25, 0.3) is 4.96 Å². The van der Waals surface area contributed by atoms with Gasteiger partial charge in [-0.05, 0) is 31.5 Å². The van der Waals surface area contributed by atoms with Gasteiger partial charge in [-0.1, -0.05) is 48.6 Å². The first-order valence-electron chi connectivity index (χ1n) is 8.14. The highest BCUT2D eigenvalue weighted by Gasteiger charge is 2.30. The molecule has 23 heavy (non-hydrogen) atoms. The lowest BCUT2D eigenvalue weighted by molar-refractivity contribution is 0.277. The van der Waals surface area contributed by atoms with E-state index < -0.39 is 0 Å². The van der Waals surface area contributed by atoms with E-state index >= 15 is 0 Å². The molecule has 120 valence electrons. The molecule has 1 aliphatic rings. The summed E-state index contributed by atoms with van der Waals surface area (Å²) in [6, 6.07) is 10.5. The Balaban J connectivity index is 1.82. The largest absolute Gasteiger partial charge is 0.492 e. The summed E-state index contributed by atoms with van der Waals surface area (Å²) >= 11 is 1.55. The summed E-state index contributed by atoms with van der Waals surface area (Å²) in [4.78, 5) is 8.67. The number of aromatic hydroxyl groups is 1. The van der Waals surface area contributed by atoms with E-state index in [1.54, 1.807) is 15.9 Å². The number of likely N-dealkylation sites (tertiary alicyclic amines) is 1. The second-order valence-corrected chi connectivity index (χ2v) is 6.93. The fraction of sp³-hybridized carbons (Fsp3) is 0.412. The molecule has 1 atom stereocenters. The van der Waals surface area contributed by atoms with Crippen LogP contribution in [-0.2, 0) is 6.42 Å². The van der Waals surface area contributed by atoms with Crippen molar-refractivity contribution in [3.63, 3.8) is 0 Å². The first-order valence-corrected chi connectivity index (χ1v) is 8.96. The number of aromatic nitrogens is 3. The third-order valence-corrected chi connectivity index (χ3v) is 5.50. The lowest BCUT2D eigenvalue weighted by Crippen LogP contribution is -2.26. The lowest BCUT2D eigenvalue weighted by Gasteiger charge is -2.26. The highest BCUT2D eigenvalue weighted by atomic mass is 32.1. The molecule has 0 saturated carbocycles. The molecule has 5 nitrogen and oxygen atoms in total. The number of benzene rings is 1. The van der Waals surface area contributed by atoms with Gasteiger partial charge in [0.05, 0.1) is 10.9 Å². The van der Waals surface area contributed by atoms with Crippen LogP contribution < -0.4 is 0 Å². The molecule has 0 radical (unpaired) electrons. The van der Waals surface area contributed by atoms with E-state index in [2.05, 4.69) is 39.2 Å². The van der Waals surface area contributed by atoms with Gasteiger partial charge in [0.1, 0.15) is 0 Å². The number of aryl methyl sites for hydroxylation is 1. The van der Waals surface area contributed by atoms with Gasteiger partial charge in [-0.2, -0.15) is 4.52 Å². The van der Waals surface area contributed by atoms with Crippen molar-refractivity contribution in [3.05, 3.63) is 46.6 Å². The SMILES string of the molecule is CCc1nc2sc([C@H](c3ccccc3)N3CCCC3)c(O)n2n1. The molecule has 4 rings (SSSR count). The van der Waals surface area contributed by atoms with Crippen LogP contribution in [0.5, 0.6) is 5.88 Å². The van der Waals surface area contributed by atoms with E-state index in [9.17, 15) is 5.11 Å². The minimum atomic E-state index is 0.0808. The maximum absolute atomic E-state index is 10.7. The Morgan fingerprint density at radius 3 is 2.61 bits per heavy atom. The Hall–Kier alpha value is -1.92. The Morgan fingerprint density at radius 2 is 1.96 bits per heavy atom. The van der Waals surface area contributed by atoms with Gasteiger partial charge >= 0.3 is 0 Å². The van der Waals surface area contributed by atoms with Gasteiger partial charge in [-0.15, -0.1) is 5.10 Å². The average molecular weight is 328 g/mol. The van der Waals surface area contributed by atoms with Gasteiger partial charge < -0.3 is 5.11 Å². The smallest absolute Gasteiger partial charge is 0.230 e. The molecule has 1 fully saturated rings. The van der Waals surface area contributed by atoms with Gasteiger partial charge in [0.25, 0.3) is 0 Å². The van der Waals surface area contributed by atoms with Gasteiger partial charge in [-0.3, -0.25) is 4.90 Å². The maximum Gasteiger partial charge on any atom is 0.230 e. The quantitative estimate of drug-likeness (QED) is 0.799. The monoisotopic (exact) mass is 328 g/mol. The predicted molar refractivity (Wildman–Crippen MR) is 91.0 cm³/mol. The lowest BCUT2D eigenvalue weighted by atomic mass is 10.0. The van der Waals surface area contributed by atoms with Crippen molar-refractivity contribution in [2.45, 2.75) is 32.2 Å². The summed E-state index contributed by atoms with van der Waals surface area (Å²) in [5.41, 5.74) is 1.21. The standard InChI is InChI=1S/C17H20N4OS/c1-2-13-18-17-21(19-13)16(22)15(23-17)14(20-10-6-7-11-20)12-8-4-3-5-9-12/h3-5,8-9,14,22H,2,6-7,10-11H2,1H3/t14-/m0/s1. The molecule has 1 aromatic carbocycles. The summed E-state index contributed by atoms with van der Waals surface area (Å²) in [7, 11) is 0. The molecule has 1 saturated heterocycles. The van der Waals surface area contributed by atoms with E-state index in [1.165, 1.54) is 18.4 Å². The van der Waals surface area contributed by atoms with E-state index in [0.29, 0.717) is 0 Å². The maximum atomic E-state index is 10.7.